The van der Waals surface area contributed by atoms with Crippen LogP contribution in [0.15, 0.2) is 58.4 Å². The minimum absolute atomic E-state index is 0.364. The van der Waals surface area contributed by atoms with Crippen molar-refractivity contribution in [3.63, 3.8) is 0 Å². The van der Waals surface area contributed by atoms with Crippen molar-refractivity contribution in [2.45, 2.75) is 0 Å². The SMILES string of the molecule is Cn1nc2c(-c3ccncc3)c(-c3ccc(Cl)cc3)c(=O)[nH]n2c1=O. The summed E-state index contributed by atoms with van der Waals surface area (Å²) in [6.45, 7) is 0. The number of pyridine rings is 1. The summed E-state index contributed by atoms with van der Waals surface area (Å²) in [7, 11) is 1.53. The van der Waals surface area contributed by atoms with Crippen LogP contribution in [0, 0.1) is 0 Å². The Morgan fingerprint density at radius 3 is 2.28 bits per heavy atom. The van der Waals surface area contributed by atoms with Gasteiger partial charge >= 0.3 is 5.69 Å². The molecule has 0 saturated heterocycles. The van der Waals surface area contributed by atoms with E-state index in [1.54, 1.807) is 48.8 Å². The molecule has 1 aromatic carbocycles. The van der Waals surface area contributed by atoms with Crippen LogP contribution in [0.25, 0.3) is 27.9 Å². The zero-order valence-corrected chi connectivity index (χ0v) is 13.9. The van der Waals surface area contributed by atoms with E-state index in [0.717, 1.165) is 10.1 Å². The van der Waals surface area contributed by atoms with Gasteiger partial charge in [-0.05, 0) is 35.4 Å². The molecule has 4 aromatic rings. The third kappa shape index (κ3) is 2.45. The van der Waals surface area contributed by atoms with Crippen molar-refractivity contribution in [2.24, 2.45) is 7.05 Å². The summed E-state index contributed by atoms with van der Waals surface area (Å²) >= 11 is 5.96. The van der Waals surface area contributed by atoms with Gasteiger partial charge in [0.2, 0.25) is 0 Å². The number of fused-ring (bicyclic) bond motifs is 1. The Morgan fingerprint density at radius 2 is 1.60 bits per heavy atom. The van der Waals surface area contributed by atoms with Crippen LogP contribution in [-0.2, 0) is 7.05 Å². The number of aromatic nitrogens is 5. The maximum absolute atomic E-state index is 12.8. The van der Waals surface area contributed by atoms with Gasteiger partial charge in [0, 0.05) is 30.0 Å². The number of rotatable bonds is 2. The lowest BCUT2D eigenvalue weighted by molar-refractivity contribution is 0.715. The van der Waals surface area contributed by atoms with Crippen LogP contribution in [0.3, 0.4) is 0 Å². The predicted molar refractivity (Wildman–Crippen MR) is 94.7 cm³/mol. The lowest BCUT2D eigenvalue weighted by Gasteiger charge is -2.10. The van der Waals surface area contributed by atoms with Gasteiger partial charge in [-0.3, -0.25) is 14.9 Å². The molecule has 124 valence electrons. The lowest BCUT2D eigenvalue weighted by atomic mass is 9.97. The predicted octanol–water partition coefficient (Wildman–Crippen LogP) is 2.10. The number of H-pyrrole nitrogens is 1. The van der Waals surface area contributed by atoms with E-state index >= 15 is 0 Å². The molecule has 0 aliphatic rings. The molecule has 1 N–H and O–H groups in total. The Kier molecular flexibility index (Phi) is 3.51. The van der Waals surface area contributed by atoms with Crippen molar-refractivity contribution in [3.8, 4) is 22.3 Å². The van der Waals surface area contributed by atoms with Gasteiger partial charge in [0.25, 0.3) is 5.56 Å². The number of halogens is 1. The van der Waals surface area contributed by atoms with Gasteiger partial charge < -0.3 is 0 Å². The summed E-state index contributed by atoms with van der Waals surface area (Å²) < 4.78 is 2.33. The first kappa shape index (κ1) is 15.3. The van der Waals surface area contributed by atoms with E-state index < -0.39 is 11.2 Å². The third-order valence-corrected chi connectivity index (χ3v) is 4.19. The molecule has 3 aromatic heterocycles. The van der Waals surface area contributed by atoms with E-state index in [2.05, 4.69) is 15.2 Å². The molecule has 0 spiro atoms. The molecule has 0 unspecified atom stereocenters. The van der Waals surface area contributed by atoms with Gasteiger partial charge in [-0.25, -0.2) is 9.48 Å². The van der Waals surface area contributed by atoms with Crippen molar-refractivity contribution < 1.29 is 0 Å². The molecule has 7 nitrogen and oxygen atoms in total. The number of hydrogen-bond acceptors (Lipinski definition) is 4. The summed E-state index contributed by atoms with van der Waals surface area (Å²) in [6, 6.07) is 10.5. The Hall–Kier alpha value is -3.19. The highest BCUT2D eigenvalue weighted by molar-refractivity contribution is 6.30. The molecule has 25 heavy (non-hydrogen) atoms. The molecule has 0 bridgehead atoms. The largest absolute Gasteiger partial charge is 0.365 e. The molecule has 4 rings (SSSR count). The second-order valence-corrected chi connectivity index (χ2v) is 5.94. The third-order valence-electron chi connectivity index (χ3n) is 3.94. The molecule has 0 fully saturated rings. The number of aromatic amines is 1. The zero-order chi connectivity index (χ0) is 17.6. The fourth-order valence-electron chi connectivity index (χ4n) is 2.79. The highest BCUT2D eigenvalue weighted by atomic mass is 35.5. The van der Waals surface area contributed by atoms with Crippen LogP contribution in [-0.4, -0.2) is 24.4 Å². The van der Waals surface area contributed by atoms with Crippen LogP contribution >= 0.6 is 11.6 Å². The molecule has 0 amide bonds. The second kappa shape index (κ2) is 5.71. The minimum Gasteiger partial charge on any atom is -0.267 e. The maximum Gasteiger partial charge on any atom is 0.365 e. The van der Waals surface area contributed by atoms with E-state index in [1.165, 1.54) is 11.7 Å². The normalized spacial score (nSPS) is 11.1. The van der Waals surface area contributed by atoms with Gasteiger partial charge in [0.1, 0.15) is 0 Å². The maximum atomic E-state index is 12.8. The van der Waals surface area contributed by atoms with Crippen molar-refractivity contribution in [2.75, 3.05) is 0 Å². The molecule has 0 saturated carbocycles. The molecule has 8 heteroatoms. The van der Waals surface area contributed by atoms with E-state index in [9.17, 15) is 9.59 Å². The summed E-state index contributed by atoms with van der Waals surface area (Å²) in [4.78, 5) is 29.0. The van der Waals surface area contributed by atoms with E-state index in [1.807, 2.05) is 0 Å². The molecule has 0 aliphatic carbocycles. The second-order valence-electron chi connectivity index (χ2n) is 5.50. The van der Waals surface area contributed by atoms with E-state index in [4.69, 9.17) is 11.6 Å². The molecular formula is C17H12ClN5O2. The van der Waals surface area contributed by atoms with Crippen LogP contribution in [0.2, 0.25) is 5.02 Å². The van der Waals surface area contributed by atoms with Crippen LogP contribution in [0.1, 0.15) is 0 Å². The zero-order valence-electron chi connectivity index (χ0n) is 13.1. The quantitative estimate of drug-likeness (QED) is 0.598. The number of hydrogen-bond donors (Lipinski definition) is 1. The van der Waals surface area contributed by atoms with Crippen molar-refractivity contribution in [1.29, 1.82) is 0 Å². The Labute approximate surface area is 146 Å². The van der Waals surface area contributed by atoms with Crippen molar-refractivity contribution in [3.05, 3.63) is 74.7 Å². The molecule has 3 heterocycles. The standard InChI is InChI=1S/C17H12ClN5O2/c1-22-17(25)23-15(20-22)13(11-6-8-19-9-7-11)14(16(24)21-23)10-2-4-12(18)5-3-10/h2-9H,1H3,(H,21,24). The Balaban J connectivity index is 2.19. The highest BCUT2D eigenvalue weighted by Gasteiger charge is 2.20. The van der Waals surface area contributed by atoms with Gasteiger partial charge in [-0.2, -0.15) is 4.52 Å². The molecule has 0 aliphatic heterocycles. The fraction of sp³-hybridized carbons (Fsp3) is 0.0588. The van der Waals surface area contributed by atoms with Crippen molar-refractivity contribution in [1.82, 2.24) is 24.4 Å². The number of benzene rings is 1. The Bertz CT molecular complexity index is 1190. The first-order valence-corrected chi connectivity index (χ1v) is 7.82. The van der Waals surface area contributed by atoms with Crippen LogP contribution < -0.4 is 11.2 Å². The summed E-state index contributed by atoms with van der Waals surface area (Å²) in [5, 5.41) is 7.44. The average Bonchev–Trinajstić information content (AvgIpc) is 2.90. The average molecular weight is 354 g/mol. The summed E-state index contributed by atoms with van der Waals surface area (Å²) in [5.41, 5.74) is 1.94. The van der Waals surface area contributed by atoms with Gasteiger partial charge in [-0.15, -0.1) is 5.10 Å². The van der Waals surface area contributed by atoms with Crippen molar-refractivity contribution >= 4 is 17.2 Å². The van der Waals surface area contributed by atoms with Gasteiger partial charge in [0.05, 0.1) is 5.56 Å². The first-order chi connectivity index (χ1) is 12.1. The van der Waals surface area contributed by atoms with E-state index in [-0.39, 0.29) is 0 Å². The van der Waals surface area contributed by atoms with Gasteiger partial charge in [0.15, 0.2) is 5.65 Å². The molecular weight excluding hydrogens is 342 g/mol. The van der Waals surface area contributed by atoms with Crippen LogP contribution in [0.5, 0.6) is 0 Å². The topological polar surface area (TPSA) is 85.1 Å². The number of aryl methyl sites for hydroxylation is 1. The molecule has 0 atom stereocenters. The number of nitrogens with zero attached hydrogens (tertiary/aromatic N) is 4. The minimum atomic E-state index is -0.426. The van der Waals surface area contributed by atoms with Crippen LogP contribution in [0.4, 0.5) is 0 Å². The van der Waals surface area contributed by atoms with E-state index in [0.29, 0.717) is 27.4 Å². The first-order valence-electron chi connectivity index (χ1n) is 7.44. The highest BCUT2D eigenvalue weighted by Crippen LogP contribution is 2.31. The lowest BCUT2D eigenvalue weighted by Crippen LogP contribution is -2.25. The number of nitrogens with one attached hydrogen (secondary N) is 1. The monoisotopic (exact) mass is 353 g/mol. The Morgan fingerprint density at radius 1 is 0.960 bits per heavy atom. The summed E-state index contributed by atoms with van der Waals surface area (Å²) in [6.07, 6.45) is 3.25. The summed E-state index contributed by atoms with van der Waals surface area (Å²) in [5.74, 6) is 0. The molecule has 0 radical (unpaired) electrons. The van der Waals surface area contributed by atoms with Gasteiger partial charge in [-0.1, -0.05) is 23.7 Å². The smallest absolute Gasteiger partial charge is 0.267 e. The fourth-order valence-corrected chi connectivity index (χ4v) is 2.92.